The number of methoxy groups -OCH3 is 1. The first-order valence-corrected chi connectivity index (χ1v) is 11.4. The van der Waals surface area contributed by atoms with Crippen LogP contribution < -0.4 is 9.47 Å². The molecule has 3 nitrogen and oxygen atoms in total. The fourth-order valence-corrected chi connectivity index (χ4v) is 3.72. The van der Waals surface area contributed by atoms with Crippen molar-refractivity contribution in [3.8, 4) is 11.5 Å². The lowest BCUT2D eigenvalue weighted by Gasteiger charge is -2.27. The molecular formula is C24H31Cl3O3. The number of rotatable bonds is 11. The Kier molecular flexibility index (Phi) is 9.62. The predicted molar refractivity (Wildman–Crippen MR) is 127 cm³/mol. The van der Waals surface area contributed by atoms with Crippen LogP contribution >= 0.6 is 34.8 Å². The number of benzene rings is 2. The molecule has 0 saturated carbocycles. The summed E-state index contributed by atoms with van der Waals surface area (Å²) in [7, 11) is 1.70. The summed E-state index contributed by atoms with van der Waals surface area (Å²) in [5, 5.41) is 0.999. The van der Waals surface area contributed by atoms with Crippen LogP contribution in [-0.2, 0) is 10.2 Å². The lowest BCUT2D eigenvalue weighted by atomic mass is 9.78. The molecule has 0 aliphatic heterocycles. The maximum Gasteiger partial charge on any atom is 0.156 e. The first-order chi connectivity index (χ1) is 14.2. The van der Waals surface area contributed by atoms with Crippen molar-refractivity contribution in [2.45, 2.75) is 33.1 Å². The monoisotopic (exact) mass is 472 g/mol. The van der Waals surface area contributed by atoms with E-state index in [1.807, 2.05) is 31.2 Å². The second-order valence-electron chi connectivity index (χ2n) is 8.36. The largest absolute Gasteiger partial charge is 0.493 e. The first-order valence-electron chi connectivity index (χ1n) is 10.1. The summed E-state index contributed by atoms with van der Waals surface area (Å²) in [6.45, 7) is 10.2. The van der Waals surface area contributed by atoms with E-state index in [1.165, 1.54) is 0 Å². The molecule has 0 radical (unpaired) electrons. The van der Waals surface area contributed by atoms with Crippen molar-refractivity contribution in [3.05, 3.63) is 57.6 Å². The molecule has 0 spiro atoms. The van der Waals surface area contributed by atoms with Crippen LogP contribution in [0.15, 0.2) is 36.4 Å². The van der Waals surface area contributed by atoms with Gasteiger partial charge in [-0.3, -0.25) is 0 Å². The van der Waals surface area contributed by atoms with Crippen molar-refractivity contribution < 1.29 is 14.2 Å². The third kappa shape index (κ3) is 6.68. The molecule has 0 aliphatic rings. The summed E-state index contributed by atoms with van der Waals surface area (Å²) in [6.07, 6.45) is 0. The molecule has 0 amide bonds. The summed E-state index contributed by atoms with van der Waals surface area (Å²) < 4.78 is 16.8. The average Bonchev–Trinajstić information content (AvgIpc) is 2.71. The third-order valence-corrected chi connectivity index (χ3v) is 6.15. The lowest BCUT2D eigenvalue weighted by molar-refractivity contribution is 0.127. The van der Waals surface area contributed by atoms with Gasteiger partial charge in [-0.2, -0.15) is 0 Å². The second-order valence-corrected chi connectivity index (χ2v) is 9.48. The van der Waals surface area contributed by atoms with Crippen LogP contribution in [0.5, 0.6) is 11.5 Å². The minimum Gasteiger partial charge on any atom is -0.493 e. The van der Waals surface area contributed by atoms with Gasteiger partial charge >= 0.3 is 0 Å². The van der Waals surface area contributed by atoms with E-state index >= 15 is 0 Å². The molecule has 6 heteroatoms. The first kappa shape index (κ1) is 25.1. The summed E-state index contributed by atoms with van der Waals surface area (Å²) >= 11 is 18.9. The van der Waals surface area contributed by atoms with Gasteiger partial charge in [0.05, 0.1) is 29.9 Å². The van der Waals surface area contributed by atoms with E-state index in [0.717, 1.165) is 16.9 Å². The topological polar surface area (TPSA) is 27.7 Å². The Morgan fingerprint density at radius 2 is 1.40 bits per heavy atom. The zero-order valence-corrected chi connectivity index (χ0v) is 20.6. The smallest absolute Gasteiger partial charge is 0.156 e. The Morgan fingerprint density at radius 1 is 0.833 bits per heavy atom. The van der Waals surface area contributed by atoms with Gasteiger partial charge in [0.2, 0.25) is 0 Å². The van der Waals surface area contributed by atoms with Crippen LogP contribution in [0.2, 0.25) is 10.0 Å². The number of ether oxygens (including phenoxy) is 3. The number of alkyl halides is 1. The number of hydrogen-bond acceptors (Lipinski definition) is 3. The van der Waals surface area contributed by atoms with E-state index < -0.39 is 0 Å². The molecule has 2 aromatic rings. The van der Waals surface area contributed by atoms with Gasteiger partial charge in [0.25, 0.3) is 0 Å². The van der Waals surface area contributed by atoms with E-state index in [4.69, 9.17) is 49.0 Å². The molecule has 2 aromatic carbocycles. The standard InChI is InChI=1S/C24H31Cl3O3/c1-16(12-25)14-30-23-21(26)10-19(11-22(23)27)24(3,4)18-6-8-20(9-7-18)29-15-17(2)13-28-5/h6-11,16-17H,12-15H2,1-5H3/t16-,17+/m0/s1. The molecule has 30 heavy (non-hydrogen) atoms. The Bertz CT molecular complexity index is 783. The van der Waals surface area contributed by atoms with Gasteiger partial charge in [-0.15, -0.1) is 11.6 Å². The zero-order chi connectivity index (χ0) is 22.3. The Balaban J connectivity index is 2.16. The van der Waals surface area contributed by atoms with Crippen molar-refractivity contribution >= 4 is 34.8 Å². The average molecular weight is 474 g/mol. The molecule has 0 unspecified atom stereocenters. The molecule has 0 aromatic heterocycles. The van der Waals surface area contributed by atoms with Gasteiger partial charge in [-0.25, -0.2) is 0 Å². The van der Waals surface area contributed by atoms with Crippen LogP contribution in [0, 0.1) is 11.8 Å². The highest BCUT2D eigenvalue weighted by molar-refractivity contribution is 6.37. The second kappa shape index (κ2) is 11.5. The van der Waals surface area contributed by atoms with Crippen LogP contribution in [0.3, 0.4) is 0 Å². The lowest BCUT2D eigenvalue weighted by Crippen LogP contribution is -2.19. The highest BCUT2D eigenvalue weighted by Gasteiger charge is 2.26. The van der Waals surface area contributed by atoms with Crippen LogP contribution in [0.4, 0.5) is 0 Å². The third-order valence-electron chi connectivity index (χ3n) is 5.06. The summed E-state index contributed by atoms with van der Waals surface area (Å²) in [5.74, 6) is 2.41. The van der Waals surface area contributed by atoms with Crippen molar-refractivity contribution in [3.63, 3.8) is 0 Å². The van der Waals surface area contributed by atoms with Gasteiger partial charge in [0.1, 0.15) is 5.75 Å². The van der Waals surface area contributed by atoms with E-state index in [0.29, 0.717) is 47.4 Å². The van der Waals surface area contributed by atoms with Crippen LogP contribution in [0.1, 0.15) is 38.8 Å². The quantitative estimate of drug-likeness (QED) is 0.322. The van der Waals surface area contributed by atoms with Crippen molar-refractivity contribution in [1.29, 1.82) is 0 Å². The van der Waals surface area contributed by atoms with E-state index in [2.05, 4.69) is 32.9 Å². The van der Waals surface area contributed by atoms with Gasteiger partial charge in [0.15, 0.2) is 5.75 Å². The van der Waals surface area contributed by atoms with Gasteiger partial charge in [-0.1, -0.05) is 63.0 Å². The summed E-state index contributed by atoms with van der Waals surface area (Å²) in [5.41, 5.74) is 1.85. The molecule has 2 rings (SSSR count). The SMILES string of the molecule is COC[C@@H](C)COc1ccc(C(C)(C)c2cc(Cl)c(OC[C@@H](C)CCl)c(Cl)c2)cc1. The number of halogens is 3. The number of hydrogen-bond donors (Lipinski definition) is 0. The van der Waals surface area contributed by atoms with Gasteiger partial charge < -0.3 is 14.2 Å². The van der Waals surface area contributed by atoms with Crippen molar-refractivity contribution in [2.24, 2.45) is 11.8 Å². The normalized spacial score (nSPS) is 13.7. The highest BCUT2D eigenvalue weighted by Crippen LogP contribution is 2.40. The van der Waals surface area contributed by atoms with Crippen LogP contribution in [0.25, 0.3) is 0 Å². The predicted octanol–water partition coefficient (Wildman–Crippen LogP) is 7.23. The van der Waals surface area contributed by atoms with E-state index in [1.54, 1.807) is 7.11 Å². The fourth-order valence-electron chi connectivity index (χ4n) is 3.03. The molecular weight excluding hydrogens is 443 g/mol. The molecule has 0 bridgehead atoms. The minimum atomic E-state index is -0.295. The Hall–Kier alpha value is -1.13. The van der Waals surface area contributed by atoms with Crippen molar-refractivity contribution in [1.82, 2.24) is 0 Å². The summed E-state index contributed by atoms with van der Waals surface area (Å²) in [6, 6.07) is 12.0. The minimum absolute atomic E-state index is 0.216. The Labute approximate surface area is 195 Å². The maximum absolute atomic E-state index is 6.50. The maximum atomic E-state index is 6.50. The molecule has 0 aliphatic carbocycles. The van der Waals surface area contributed by atoms with Crippen LogP contribution in [-0.4, -0.2) is 32.8 Å². The highest BCUT2D eigenvalue weighted by atomic mass is 35.5. The molecule has 0 heterocycles. The van der Waals surface area contributed by atoms with E-state index in [-0.39, 0.29) is 11.3 Å². The van der Waals surface area contributed by atoms with Gasteiger partial charge in [-0.05, 0) is 35.4 Å². The zero-order valence-electron chi connectivity index (χ0n) is 18.3. The molecule has 0 N–H and O–H groups in total. The van der Waals surface area contributed by atoms with E-state index in [9.17, 15) is 0 Å². The Morgan fingerprint density at radius 3 is 1.93 bits per heavy atom. The van der Waals surface area contributed by atoms with Crippen molar-refractivity contribution in [2.75, 3.05) is 32.8 Å². The molecule has 0 saturated heterocycles. The van der Waals surface area contributed by atoms with Gasteiger partial charge in [0, 0.05) is 30.2 Å². The molecule has 166 valence electrons. The summed E-state index contributed by atoms with van der Waals surface area (Å²) in [4.78, 5) is 0. The molecule has 2 atom stereocenters. The fraction of sp³-hybridized carbons (Fsp3) is 0.500. The molecule has 0 fully saturated rings.